The van der Waals surface area contributed by atoms with Crippen molar-refractivity contribution < 1.29 is 18.3 Å². The largest absolute Gasteiger partial charge is 0.481 e. The molecule has 0 amide bonds. The van der Waals surface area contributed by atoms with Gasteiger partial charge in [-0.25, -0.2) is 8.42 Å². The minimum atomic E-state index is -2.80. The molecule has 0 saturated carbocycles. The summed E-state index contributed by atoms with van der Waals surface area (Å²) in [4.78, 5) is 12.8. The summed E-state index contributed by atoms with van der Waals surface area (Å²) in [6.45, 7) is 1.84. The fraction of sp³-hybridized carbons (Fsp3) is 0.917. The smallest absolute Gasteiger partial charge is 0.303 e. The van der Waals surface area contributed by atoms with E-state index in [0.717, 1.165) is 38.8 Å². The second-order valence-electron chi connectivity index (χ2n) is 5.47. The number of likely N-dealkylation sites (tertiary alicyclic amines) is 1. The number of rotatable bonds is 4. The first-order valence-electron chi connectivity index (χ1n) is 6.62. The maximum atomic E-state index is 11.4. The van der Waals surface area contributed by atoms with Crippen molar-refractivity contribution in [3.8, 4) is 0 Å². The average Bonchev–Trinajstić information content (AvgIpc) is 2.68. The third kappa shape index (κ3) is 3.68. The van der Waals surface area contributed by atoms with Gasteiger partial charge in [-0.15, -0.1) is 0 Å². The van der Waals surface area contributed by atoms with Crippen molar-refractivity contribution in [2.24, 2.45) is 5.92 Å². The molecule has 2 heterocycles. The Bertz CT molecular complexity index is 398. The van der Waals surface area contributed by atoms with Crippen LogP contribution in [0, 0.1) is 5.92 Å². The van der Waals surface area contributed by atoms with Gasteiger partial charge in [0, 0.05) is 12.5 Å². The van der Waals surface area contributed by atoms with E-state index in [1.165, 1.54) is 0 Å². The summed E-state index contributed by atoms with van der Waals surface area (Å²) in [5, 5.41) is 8.65. The minimum Gasteiger partial charge on any atom is -0.481 e. The van der Waals surface area contributed by atoms with Crippen LogP contribution in [0.2, 0.25) is 0 Å². The molecule has 0 aromatic carbocycles. The Balaban J connectivity index is 1.75. The van der Waals surface area contributed by atoms with Gasteiger partial charge in [0.25, 0.3) is 0 Å². The van der Waals surface area contributed by atoms with Crippen molar-refractivity contribution in [1.29, 1.82) is 0 Å². The Labute approximate surface area is 108 Å². The second-order valence-corrected chi connectivity index (χ2v) is 7.70. The van der Waals surface area contributed by atoms with Crippen LogP contribution in [-0.2, 0) is 14.6 Å². The zero-order valence-corrected chi connectivity index (χ0v) is 11.4. The van der Waals surface area contributed by atoms with Crippen molar-refractivity contribution >= 4 is 15.8 Å². The normalized spacial score (nSPS) is 29.4. The lowest BCUT2D eigenvalue weighted by Crippen LogP contribution is -2.42. The van der Waals surface area contributed by atoms with Crippen LogP contribution in [-0.4, -0.2) is 55.0 Å². The summed E-state index contributed by atoms with van der Waals surface area (Å²) in [5.41, 5.74) is 0. The molecule has 1 unspecified atom stereocenters. The average molecular weight is 275 g/mol. The van der Waals surface area contributed by atoms with Gasteiger partial charge in [-0.05, 0) is 44.7 Å². The molecule has 0 aromatic rings. The summed E-state index contributed by atoms with van der Waals surface area (Å²) >= 11 is 0. The molecule has 6 heteroatoms. The molecule has 0 bridgehead atoms. The van der Waals surface area contributed by atoms with E-state index in [-0.39, 0.29) is 12.5 Å². The molecule has 5 nitrogen and oxygen atoms in total. The van der Waals surface area contributed by atoms with E-state index in [1.54, 1.807) is 0 Å². The maximum absolute atomic E-state index is 11.4. The van der Waals surface area contributed by atoms with Crippen LogP contribution in [0.15, 0.2) is 0 Å². The van der Waals surface area contributed by atoms with Crippen molar-refractivity contribution in [2.45, 2.75) is 38.1 Å². The highest BCUT2D eigenvalue weighted by atomic mass is 32.2. The highest BCUT2D eigenvalue weighted by Gasteiger charge is 2.33. The fourth-order valence-electron chi connectivity index (χ4n) is 3.00. The molecule has 2 aliphatic rings. The van der Waals surface area contributed by atoms with Crippen molar-refractivity contribution in [3.05, 3.63) is 0 Å². The zero-order valence-electron chi connectivity index (χ0n) is 10.5. The lowest BCUT2D eigenvalue weighted by molar-refractivity contribution is -0.137. The highest BCUT2D eigenvalue weighted by Crippen LogP contribution is 2.26. The number of hydrogen-bond acceptors (Lipinski definition) is 4. The van der Waals surface area contributed by atoms with Crippen LogP contribution < -0.4 is 0 Å². The van der Waals surface area contributed by atoms with Crippen LogP contribution in [0.4, 0.5) is 0 Å². The van der Waals surface area contributed by atoms with E-state index in [0.29, 0.717) is 17.4 Å². The molecule has 1 atom stereocenters. The zero-order chi connectivity index (χ0) is 13.2. The second kappa shape index (κ2) is 5.57. The Hall–Kier alpha value is -0.620. The van der Waals surface area contributed by atoms with Crippen molar-refractivity contribution in [3.63, 3.8) is 0 Å². The lowest BCUT2D eigenvalue weighted by atomic mass is 9.91. The summed E-state index contributed by atoms with van der Waals surface area (Å²) in [7, 11) is -2.80. The predicted molar refractivity (Wildman–Crippen MR) is 68.2 cm³/mol. The standard InChI is InChI=1S/C12H21NO4S/c14-12(15)2-1-10-3-6-13(7-4-10)11-5-8-18(16,17)9-11/h10-11H,1-9H2,(H,14,15). The molecule has 18 heavy (non-hydrogen) atoms. The molecule has 104 valence electrons. The summed E-state index contributed by atoms with van der Waals surface area (Å²) in [5.74, 6) is 0.415. The summed E-state index contributed by atoms with van der Waals surface area (Å²) < 4.78 is 22.9. The van der Waals surface area contributed by atoms with Crippen LogP contribution in [0.5, 0.6) is 0 Å². The number of carboxylic acids is 1. The first-order valence-corrected chi connectivity index (χ1v) is 8.45. The van der Waals surface area contributed by atoms with Crippen LogP contribution in [0.3, 0.4) is 0 Å². The number of piperidine rings is 1. The molecule has 2 aliphatic heterocycles. The van der Waals surface area contributed by atoms with E-state index in [4.69, 9.17) is 5.11 Å². The molecule has 2 fully saturated rings. The summed E-state index contributed by atoms with van der Waals surface area (Å²) in [6.07, 6.45) is 3.78. The van der Waals surface area contributed by atoms with Gasteiger partial charge in [-0.2, -0.15) is 0 Å². The molecule has 2 rings (SSSR count). The van der Waals surface area contributed by atoms with Gasteiger partial charge in [0.1, 0.15) is 0 Å². The minimum absolute atomic E-state index is 0.204. The van der Waals surface area contributed by atoms with E-state index in [9.17, 15) is 13.2 Å². The van der Waals surface area contributed by atoms with E-state index in [1.807, 2.05) is 0 Å². The number of sulfone groups is 1. The molecule has 0 aliphatic carbocycles. The molecular formula is C12H21NO4S. The number of hydrogen-bond donors (Lipinski definition) is 1. The number of carboxylic acid groups (broad SMARTS) is 1. The number of nitrogens with zero attached hydrogens (tertiary/aromatic N) is 1. The van der Waals surface area contributed by atoms with Crippen molar-refractivity contribution in [1.82, 2.24) is 4.90 Å². The topological polar surface area (TPSA) is 74.7 Å². The Morgan fingerprint density at radius 2 is 1.89 bits per heavy atom. The van der Waals surface area contributed by atoms with Gasteiger partial charge < -0.3 is 5.11 Å². The highest BCUT2D eigenvalue weighted by molar-refractivity contribution is 7.91. The van der Waals surface area contributed by atoms with Crippen LogP contribution >= 0.6 is 0 Å². The first-order chi connectivity index (χ1) is 8.46. The number of aliphatic carboxylic acids is 1. The monoisotopic (exact) mass is 275 g/mol. The maximum Gasteiger partial charge on any atom is 0.303 e. The molecule has 0 radical (unpaired) electrons. The van der Waals surface area contributed by atoms with E-state index >= 15 is 0 Å². The summed E-state index contributed by atoms with van der Waals surface area (Å²) in [6, 6.07) is 0.204. The molecule has 0 spiro atoms. The molecular weight excluding hydrogens is 254 g/mol. The third-order valence-electron chi connectivity index (χ3n) is 4.14. The third-order valence-corrected chi connectivity index (χ3v) is 5.89. The van der Waals surface area contributed by atoms with Gasteiger partial charge >= 0.3 is 5.97 Å². The van der Waals surface area contributed by atoms with Crippen molar-refractivity contribution in [2.75, 3.05) is 24.6 Å². The molecule has 2 saturated heterocycles. The Morgan fingerprint density at radius 3 is 2.39 bits per heavy atom. The quantitative estimate of drug-likeness (QED) is 0.819. The van der Waals surface area contributed by atoms with Gasteiger partial charge in [0.05, 0.1) is 11.5 Å². The SMILES string of the molecule is O=C(O)CCC1CCN(C2CCS(=O)(=O)C2)CC1. The predicted octanol–water partition coefficient (Wildman–Crippen LogP) is 0.750. The van der Waals surface area contributed by atoms with Gasteiger partial charge in [0.15, 0.2) is 9.84 Å². The number of carbonyl (C=O) groups is 1. The van der Waals surface area contributed by atoms with Crippen LogP contribution in [0.25, 0.3) is 0 Å². The van der Waals surface area contributed by atoms with Gasteiger partial charge in [0.2, 0.25) is 0 Å². The van der Waals surface area contributed by atoms with Gasteiger partial charge in [-0.3, -0.25) is 9.69 Å². The molecule has 1 N–H and O–H groups in total. The first kappa shape index (κ1) is 13.8. The Morgan fingerprint density at radius 1 is 1.22 bits per heavy atom. The Kier molecular flexibility index (Phi) is 4.27. The lowest BCUT2D eigenvalue weighted by Gasteiger charge is -2.35. The van der Waals surface area contributed by atoms with E-state index < -0.39 is 15.8 Å². The van der Waals surface area contributed by atoms with E-state index in [2.05, 4.69) is 4.90 Å². The fourth-order valence-corrected chi connectivity index (χ4v) is 4.76. The van der Waals surface area contributed by atoms with Crippen LogP contribution in [0.1, 0.15) is 32.1 Å². The van der Waals surface area contributed by atoms with Gasteiger partial charge in [-0.1, -0.05) is 0 Å². The molecule has 0 aromatic heterocycles.